The molecule has 1 N–H and O–H groups in total. The fraction of sp³-hybridized carbons (Fsp3) is 0.462. The molecule has 9 heteroatoms. The van der Waals surface area contributed by atoms with Crippen molar-refractivity contribution >= 4 is 13.6 Å². The number of hydrogen-bond acceptors (Lipinski definition) is 4. The van der Waals surface area contributed by atoms with Crippen LogP contribution in [0.3, 0.4) is 0 Å². The fourth-order valence-electron chi connectivity index (χ4n) is 1.86. The molecule has 0 radical (unpaired) electrons. The molecule has 1 aromatic rings. The van der Waals surface area contributed by atoms with Gasteiger partial charge >= 0.3 is 19.7 Å². The Morgan fingerprint density at radius 1 is 1.18 bits per heavy atom. The van der Waals surface area contributed by atoms with Gasteiger partial charge in [-0.1, -0.05) is 12.1 Å². The van der Waals surface area contributed by atoms with Gasteiger partial charge in [0.2, 0.25) is 0 Å². The Morgan fingerprint density at radius 3 is 1.95 bits per heavy atom. The first-order valence-electron chi connectivity index (χ1n) is 6.44. The SMILES string of the molecule is CCOP(=O)(OCC)C(C(=O)O)c1ccc(C(F)(F)F)cc1. The number of halogens is 3. The van der Waals surface area contributed by atoms with Crippen LogP contribution in [0, 0.1) is 0 Å². The van der Waals surface area contributed by atoms with Crippen LogP contribution in [-0.2, 0) is 24.6 Å². The molecule has 0 bridgehead atoms. The third-order valence-electron chi connectivity index (χ3n) is 2.72. The normalized spacial score (nSPS) is 13.9. The van der Waals surface area contributed by atoms with Crippen molar-refractivity contribution in [1.29, 1.82) is 0 Å². The summed E-state index contributed by atoms with van der Waals surface area (Å²) in [5.41, 5.74) is -2.69. The maximum atomic E-state index is 12.6. The predicted octanol–water partition coefficient (Wildman–Crippen LogP) is 4.10. The average molecular weight is 340 g/mol. The standard InChI is InChI=1S/C13H16F3O5P/c1-3-20-22(19,21-4-2)11(12(17)18)9-5-7-10(8-6-9)13(14,15)16/h5-8,11H,3-4H2,1-2H3,(H,17,18). The lowest BCUT2D eigenvalue weighted by molar-refractivity contribution is -0.137. The summed E-state index contributed by atoms with van der Waals surface area (Å²) in [4.78, 5) is 11.4. The van der Waals surface area contributed by atoms with Crippen molar-refractivity contribution in [2.24, 2.45) is 0 Å². The lowest BCUT2D eigenvalue weighted by Gasteiger charge is -2.23. The second-order valence-corrected chi connectivity index (χ2v) is 6.35. The Bertz CT molecular complexity index is 546. The quantitative estimate of drug-likeness (QED) is 0.757. The van der Waals surface area contributed by atoms with Gasteiger partial charge in [-0.3, -0.25) is 9.36 Å². The van der Waals surface area contributed by atoms with Crippen LogP contribution in [0.1, 0.15) is 30.6 Å². The highest BCUT2D eigenvalue weighted by molar-refractivity contribution is 7.55. The Balaban J connectivity index is 3.25. The van der Waals surface area contributed by atoms with Gasteiger partial charge in [0.1, 0.15) is 0 Å². The molecule has 124 valence electrons. The Morgan fingerprint density at radius 2 is 1.64 bits per heavy atom. The predicted molar refractivity (Wildman–Crippen MR) is 72.7 cm³/mol. The highest BCUT2D eigenvalue weighted by Crippen LogP contribution is 2.61. The van der Waals surface area contributed by atoms with E-state index in [2.05, 4.69) is 0 Å². The third-order valence-corrected chi connectivity index (χ3v) is 5.11. The zero-order valence-electron chi connectivity index (χ0n) is 12.0. The van der Waals surface area contributed by atoms with Crippen LogP contribution in [0.15, 0.2) is 24.3 Å². The number of rotatable bonds is 7. The van der Waals surface area contributed by atoms with E-state index in [0.717, 1.165) is 24.3 Å². The van der Waals surface area contributed by atoms with Crippen molar-refractivity contribution < 1.29 is 36.7 Å². The molecule has 0 aliphatic carbocycles. The molecule has 5 nitrogen and oxygen atoms in total. The number of benzene rings is 1. The molecule has 1 unspecified atom stereocenters. The van der Waals surface area contributed by atoms with Crippen molar-refractivity contribution in [1.82, 2.24) is 0 Å². The van der Waals surface area contributed by atoms with E-state index in [0.29, 0.717) is 0 Å². The van der Waals surface area contributed by atoms with Gasteiger partial charge in [-0.05, 0) is 31.5 Å². The van der Waals surface area contributed by atoms with Gasteiger partial charge in [0.05, 0.1) is 18.8 Å². The van der Waals surface area contributed by atoms with Crippen molar-refractivity contribution in [2.45, 2.75) is 25.7 Å². The molecule has 0 heterocycles. The number of carboxylic acids is 1. The minimum absolute atomic E-state index is 0.0539. The van der Waals surface area contributed by atoms with Crippen LogP contribution >= 0.6 is 7.60 Å². The van der Waals surface area contributed by atoms with E-state index in [1.165, 1.54) is 13.8 Å². The summed E-state index contributed by atoms with van der Waals surface area (Å²) in [7, 11) is -4.04. The van der Waals surface area contributed by atoms with Crippen molar-refractivity contribution in [2.75, 3.05) is 13.2 Å². The molecule has 1 aromatic carbocycles. The molecule has 0 saturated carbocycles. The first kappa shape index (κ1) is 18.7. The van der Waals surface area contributed by atoms with E-state index >= 15 is 0 Å². The molecule has 1 atom stereocenters. The minimum Gasteiger partial charge on any atom is -0.480 e. The van der Waals surface area contributed by atoms with Gasteiger partial charge in [0.25, 0.3) is 0 Å². The van der Waals surface area contributed by atoms with E-state index < -0.39 is 31.0 Å². The maximum absolute atomic E-state index is 12.6. The van der Waals surface area contributed by atoms with E-state index in [9.17, 15) is 27.6 Å². The van der Waals surface area contributed by atoms with E-state index in [1.54, 1.807) is 0 Å². The third kappa shape index (κ3) is 4.32. The van der Waals surface area contributed by atoms with Crippen molar-refractivity contribution in [3.63, 3.8) is 0 Å². The van der Waals surface area contributed by atoms with E-state index in [1.807, 2.05) is 0 Å². The van der Waals surface area contributed by atoms with Crippen molar-refractivity contribution in [3.05, 3.63) is 35.4 Å². The Labute approximate surface area is 125 Å². The first-order valence-corrected chi connectivity index (χ1v) is 8.05. The lowest BCUT2D eigenvalue weighted by atomic mass is 10.1. The summed E-state index contributed by atoms with van der Waals surface area (Å²) in [6.45, 7) is 2.91. The van der Waals surface area contributed by atoms with Gasteiger partial charge < -0.3 is 14.2 Å². The number of hydrogen-bond donors (Lipinski definition) is 1. The van der Waals surface area contributed by atoms with Gasteiger partial charge in [0.15, 0.2) is 5.66 Å². The lowest BCUT2D eigenvalue weighted by Crippen LogP contribution is -2.16. The molecular formula is C13H16F3O5P. The summed E-state index contributed by atoms with van der Waals surface area (Å²) in [6.07, 6.45) is -4.54. The summed E-state index contributed by atoms with van der Waals surface area (Å²) in [5, 5.41) is 9.29. The monoisotopic (exact) mass is 340 g/mol. The molecule has 0 aliphatic heterocycles. The summed E-state index contributed by atoms with van der Waals surface area (Å²) in [5.74, 6) is -1.50. The van der Waals surface area contributed by atoms with Crippen LogP contribution in [0.25, 0.3) is 0 Å². The number of carboxylic acid groups (broad SMARTS) is 1. The minimum atomic E-state index is -4.54. The molecule has 0 fully saturated rings. The number of alkyl halides is 3. The smallest absolute Gasteiger partial charge is 0.416 e. The van der Waals surface area contributed by atoms with Crippen molar-refractivity contribution in [3.8, 4) is 0 Å². The summed E-state index contributed by atoms with van der Waals surface area (Å²) >= 11 is 0. The van der Waals surface area contributed by atoms with Crippen LogP contribution in [0.4, 0.5) is 13.2 Å². The topological polar surface area (TPSA) is 72.8 Å². The molecule has 1 rings (SSSR count). The average Bonchev–Trinajstić information content (AvgIpc) is 2.38. The summed E-state index contributed by atoms with van der Waals surface area (Å²) < 4.78 is 60.1. The molecule has 0 aromatic heterocycles. The van der Waals surface area contributed by atoms with Gasteiger partial charge in [0, 0.05) is 0 Å². The zero-order valence-corrected chi connectivity index (χ0v) is 12.9. The van der Waals surface area contributed by atoms with Crippen LogP contribution < -0.4 is 0 Å². The second kappa shape index (κ2) is 7.26. The van der Waals surface area contributed by atoms with Crippen LogP contribution in [0.2, 0.25) is 0 Å². The highest BCUT2D eigenvalue weighted by Gasteiger charge is 2.43. The van der Waals surface area contributed by atoms with E-state index in [-0.39, 0.29) is 18.8 Å². The van der Waals surface area contributed by atoms with Gasteiger partial charge in [-0.15, -0.1) is 0 Å². The largest absolute Gasteiger partial charge is 0.480 e. The molecule has 0 saturated heterocycles. The maximum Gasteiger partial charge on any atom is 0.416 e. The fourth-order valence-corrected chi connectivity index (χ4v) is 3.76. The van der Waals surface area contributed by atoms with E-state index in [4.69, 9.17) is 9.05 Å². The molecular weight excluding hydrogens is 324 g/mol. The van der Waals surface area contributed by atoms with Gasteiger partial charge in [-0.2, -0.15) is 13.2 Å². The molecule has 0 aliphatic rings. The Kier molecular flexibility index (Phi) is 6.17. The molecule has 0 spiro atoms. The van der Waals surface area contributed by atoms with Crippen LogP contribution in [-0.4, -0.2) is 24.3 Å². The number of carbonyl (C=O) groups is 1. The Hall–Kier alpha value is -1.37. The first-order chi connectivity index (χ1) is 10.2. The van der Waals surface area contributed by atoms with Crippen LogP contribution in [0.5, 0.6) is 0 Å². The molecule has 0 amide bonds. The second-order valence-electron chi connectivity index (χ2n) is 4.24. The van der Waals surface area contributed by atoms with Gasteiger partial charge in [-0.25, -0.2) is 0 Å². The summed E-state index contributed by atoms with van der Waals surface area (Å²) in [6, 6.07) is 3.39. The molecule has 22 heavy (non-hydrogen) atoms. The highest BCUT2D eigenvalue weighted by atomic mass is 31.2. The zero-order chi connectivity index (χ0) is 17.0. The number of aliphatic carboxylic acids is 1.